The Kier molecular flexibility index (Phi) is 3.26. The van der Waals surface area contributed by atoms with Gasteiger partial charge in [-0.2, -0.15) is 9.97 Å². The van der Waals surface area contributed by atoms with Gasteiger partial charge in [0.1, 0.15) is 11.5 Å². The van der Waals surface area contributed by atoms with Crippen LogP contribution in [-0.2, 0) is 6.54 Å². The molecule has 0 saturated carbocycles. The predicted molar refractivity (Wildman–Crippen MR) is 93.7 cm³/mol. The van der Waals surface area contributed by atoms with Gasteiger partial charge in [0.2, 0.25) is 5.95 Å². The second kappa shape index (κ2) is 5.45. The second-order valence-electron chi connectivity index (χ2n) is 5.76. The van der Waals surface area contributed by atoms with Gasteiger partial charge in [0.05, 0.1) is 5.39 Å². The molecular weight excluding hydrogens is 302 g/mol. The Hall–Kier alpha value is -3.22. The fourth-order valence-corrected chi connectivity index (χ4v) is 2.91. The Morgan fingerprint density at radius 2 is 2.04 bits per heavy atom. The zero-order chi connectivity index (χ0) is 16.7. The molecule has 120 valence electrons. The number of aromatic nitrogens is 5. The molecule has 0 bridgehead atoms. The largest absolute Gasteiger partial charge is 0.383 e. The predicted octanol–water partition coefficient (Wildman–Crippen LogP) is 2.48. The molecule has 0 aliphatic rings. The lowest BCUT2D eigenvalue weighted by Gasteiger charge is -2.10. The smallest absolute Gasteiger partial charge is 0.226 e. The first kappa shape index (κ1) is 14.4. The van der Waals surface area contributed by atoms with Crippen LogP contribution in [0.15, 0.2) is 36.8 Å². The molecule has 4 rings (SSSR count). The summed E-state index contributed by atoms with van der Waals surface area (Å²) in [4.78, 5) is 17.7. The van der Waals surface area contributed by atoms with Gasteiger partial charge in [-0.05, 0) is 31.5 Å². The average molecular weight is 319 g/mol. The first-order valence-corrected chi connectivity index (χ1v) is 7.68. The molecule has 0 radical (unpaired) electrons. The van der Waals surface area contributed by atoms with E-state index in [4.69, 9.17) is 5.73 Å². The number of rotatable bonds is 3. The third-order valence-electron chi connectivity index (χ3n) is 3.96. The van der Waals surface area contributed by atoms with Crippen LogP contribution in [0.4, 0.5) is 11.8 Å². The second-order valence-corrected chi connectivity index (χ2v) is 5.76. The van der Waals surface area contributed by atoms with Crippen molar-refractivity contribution in [3.63, 3.8) is 0 Å². The third-order valence-corrected chi connectivity index (χ3v) is 3.96. The molecule has 3 N–H and O–H groups in total. The number of nitrogens with zero attached hydrogens (tertiary/aromatic N) is 5. The molecule has 0 unspecified atom stereocenters. The molecule has 4 aromatic heterocycles. The molecule has 0 aliphatic carbocycles. The van der Waals surface area contributed by atoms with Crippen molar-refractivity contribution < 1.29 is 0 Å². The summed E-state index contributed by atoms with van der Waals surface area (Å²) in [5.74, 6) is 0.901. The summed E-state index contributed by atoms with van der Waals surface area (Å²) >= 11 is 0. The Balaban J connectivity index is 1.69. The molecule has 0 atom stereocenters. The van der Waals surface area contributed by atoms with Crippen LogP contribution < -0.4 is 11.1 Å². The lowest BCUT2D eigenvalue weighted by molar-refractivity contribution is 1.04. The lowest BCUT2D eigenvalue weighted by atomic mass is 10.1. The summed E-state index contributed by atoms with van der Waals surface area (Å²) in [6.45, 7) is 4.48. The minimum atomic E-state index is 0.437. The van der Waals surface area contributed by atoms with Gasteiger partial charge in [0, 0.05) is 36.4 Å². The standard InChI is InChI=1S/C17H17N7/c1-10-8-11(2)21-15-13(10)14(18)22-17(23-15)20-9-12-4-3-6-24-7-5-19-16(12)24/h3-8H,9H2,1-2H3,(H3,18,20,21,22,23). The van der Waals surface area contributed by atoms with E-state index in [2.05, 4.69) is 25.3 Å². The highest BCUT2D eigenvalue weighted by molar-refractivity contribution is 5.89. The van der Waals surface area contributed by atoms with E-state index < -0.39 is 0 Å². The van der Waals surface area contributed by atoms with Crippen molar-refractivity contribution in [2.45, 2.75) is 20.4 Å². The normalized spacial score (nSPS) is 11.2. The Labute approximate surface area is 138 Å². The summed E-state index contributed by atoms with van der Waals surface area (Å²) in [5.41, 5.74) is 10.6. The quantitative estimate of drug-likeness (QED) is 0.602. The molecule has 0 aliphatic heterocycles. The number of hydrogen-bond acceptors (Lipinski definition) is 6. The first-order chi connectivity index (χ1) is 11.6. The maximum atomic E-state index is 6.10. The van der Waals surface area contributed by atoms with Gasteiger partial charge in [-0.15, -0.1) is 0 Å². The van der Waals surface area contributed by atoms with Crippen LogP contribution in [0, 0.1) is 13.8 Å². The highest BCUT2D eigenvalue weighted by Gasteiger charge is 2.10. The Morgan fingerprint density at radius 1 is 1.17 bits per heavy atom. The number of imidazole rings is 1. The fourth-order valence-electron chi connectivity index (χ4n) is 2.91. The molecule has 0 spiro atoms. The van der Waals surface area contributed by atoms with Crippen LogP contribution in [0.25, 0.3) is 16.7 Å². The molecule has 0 aromatic carbocycles. The van der Waals surface area contributed by atoms with Gasteiger partial charge < -0.3 is 15.5 Å². The summed E-state index contributed by atoms with van der Waals surface area (Å²) < 4.78 is 1.97. The zero-order valence-electron chi connectivity index (χ0n) is 13.5. The van der Waals surface area contributed by atoms with Gasteiger partial charge in [-0.1, -0.05) is 6.07 Å². The van der Waals surface area contributed by atoms with Crippen molar-refractivity contribution in [2.24, 2.45) is 0 Å². The summed E-state index contributed by atoms with van der Waals surface area (Å²) in [5, 5.41) is 4.03. The zero-order valence-corrected chi connectivity index (χ0v) is 13.5. The van der Waals surface area contributed by atoms with E-state index in [0.717, 1.165) is 27.9 Å². The van der Waals surface area contributed by atoms with Crippen LogP contribution in [0.2, 0.25) is 0 Å². The van der Waals surface area contributed by atoms with Crippen molar-refractivity contribution in [1.29, 1.82) is 0 Å². The van der Waals surface area contributed by atoms with Crippen LogP contribution >= 0.6 is 0 Å². The maximum absolute atomic E-state index is 6.10. The van der Waals surface area contributed by atoms with Crippen LogP contribution in [-0.4, -0.2) is 24.3 Å². The molecule has 7 heteroatoms. The van der Waals surface area contributed by atoms with E-state index in [9.17, 15) is 0 Å². The number of aryl methyl sites for hydroxylation is 2. The van der Waals surface area contributed by atoms with E-state index >= 15 is 0 Å². The van der Waals surface area contributed by atoms with E-state index in [1.807, 2.05) is 48.8 Å². The molecule has 4 heterocycles. The van der Waals surface area contributed by atoms with Crippen LogP contribution in [0.3, 0.4) is 0 Å². The number of nitrogens with one attached hydrogen (secondary N) is 1. The lowest BCUT2D eigenvalue weighted by Crippen LogP contribution is -2.08. The van der Waals surface area contributed by atoms with Crippen molar-refractivity contribution in [2.75, 3.05) is 11.1 Å². The number of nitrogens with two attached hydrogens (primary N) is 1. The van der Waals surface area contributed by atoms with Gasteiger partial charge in [0.15, 0.2) is 5.65 Å². The molecule has 0 fully saturated rings. The summed E-state index contributed by atoms with van der Waals surface area (Å²) in [7, 11) is 0. The molecule has 24 heavy (non-hydrogen) atoms. The highest BCUT2D eigenvalue weighted by atomic mass is 15.1. The molecule has 0 saturated heterocycles. The van der Waals surface area contributed by atoms with E-state index in [1.54, 1.807) is 6.20 Å². The van der Waals surface area contributed by atoms with Crippen LogP contribution in [0.1, 0.15) is 16.8 Å². The molecule has 4 aromatic rings. The van der Waals surface area contributed by atoms with Crippen molar-refractivity contribution in [1.82, 2.24) is 24.3 Å². The Morgan fingerprint density at radius 3 is 2.92 bits per heavy atom. The van der Waals surface area contributed by atoms with E-state index in [0.29, 0.717) is 24.0 Å². The number of fused-ring (bicyclic) bond motifs is 2. The number of hydrogen-bond donors (Lipinski definition) is 2. The molecular formula is C17H17N7. The molecule has 7 nitrogen and oxygen atoms in total. The average Bonchev–Trinajstić information content (AvgIpc) is 3.01. The topological polar surface area (TPSA) is 94.0 Å². The number of nitrogen functional groups attached to an aromatic ring is 1. The minimum Gasteiger partial charge on any atom is -0.383 e. The highest BCUT2D eigenvalue weighted by Crippen LogP contribution is 2.23. The van der Waals surface area contributed by atoms with Crippen molar-refractivity contribution in [3.05, 3.63) is 53.6 Å². The minimum absolute atomic E-state index is 0.437. The fraction of sp³-hybridized carbons (Fsp3) is 0.176. The van der Waals surface area contributed by atoms with Gasteiger partial charge in [-0.25, -0.2) is 9.97 Å². The van der Waals surface area contributed by atoms with E-state index in [1.165, 1.54) is 0 Å². The first-order valence-electron chi connectivity index (χ1n) is 7.68. The number of pyridine rings is 2. The monoisotopic (exact) mass is 319 g/mol. The summed E-state index contributed by atoms with van der Waals surface area (Å²) in [6, 6.07) is 5.98. The van der Waals surface area contributed by atoms with Gasteiger partial charge in [-0.3, -0.25) is 0 Å². The third kappa shape index (κ3) is 2.40. The van der Waals surface area contributed by atoms with Crippen LogP contribution in [0.5, 0.6) is 0 Å². The summed E-state index contributed by atoms with van der Waals surface area (Å²) in [6.07, 6.45) is 5.66. The van der Waals surface area contributed by atoms with Crippen molar-refractivity contribution >= 4 is 28.4 Å². The number of anilines is 2. The van der Waals surface area contributed by atoms with E-state index in [-0.39, 0.29) is 0 Å². The maximum Gasteiger partial charge on any atom is 0.226 e. The molecule has 0 amide bonds. The van der Waals surface area contributed by atoms with Crippen molar-refractivity contribution in [3.8, 4) is 0 Å². The van der Waals surface area contributed by atoms with Gasteiger partial charge in [0.25, 0.3) is 0 Å². The SMILES string of the molecule is Cc1cc(C)c2c(N)nc(NCc3cccn4ccnc34)nc2n1. The Bertz CT molecular complexity index is 1050. The van der Waals surface area contributed by atoms with Gasteiger partial charge >= 0.3 is 0 Å².